The van der Waals surface area contributed by atoms with E-state index < -0.39 is 0 Å². The molecule has 1 atom stereocenters. The average Bonchev–Trinajstić information content (AvgIpc) is 2.96. The summed E-state index contributed by atoms with van der Waals surface area (Å²) in [7, 11) is 4.28. The molecule has 0 saturated carbocycles. The summed E-state index contributed by atoms with van der Waals surface area (Å²) in [5, 5.41) is 14.3. The Bertz CT molecular complexity index is 1360. The number of nitrogens with one attached hydrogen (secondary N) is 1. The summed E-state index contributed by atoms with van der Waals surface area (Å²) < 4.78 is 1.90. The van der Waals surface area contributed by atoms with E-state index in [1.807, 2.05) is 22.8 Å². The van der Waals surface area contributed by atoms with Crippen LogP contribution in [0.25, 0.3) is 10.9 Å². The van der Waals surface area contributed by atoms with Crippen LogP contribution in [0, 0.1) is 0 Å². The Balaban J connectivity index is 1.39. The van der Waals surface area contributed by atoms with Gasteiger partial charge in [0, 0.05) is 57.9 Å². The number of nitrogens with zero attached hydrogens (tertiary/aromatic N) is 5. The molecule has 5 rings (SSSR count). The molecule has 2 saturated heterocycles. The Labute approximate surface area is 238 Å². The van der Waals surface area contributed by atoms with Crippen LogP contribution < -0.4 is 10.9 Å². The highest BCUT2D eigenvalue weighted by Crippen LogP contribution is 2.39. The van der Waals surface area contributed by atoms with Crippen LogP contribution >= 0.6 is 0 Å². The zero-order valence-electron chi connectivity index (χ0n) is 24.7. The van der Waals surface area contributed by atoms with Crippen LogP contribution in [0.5, 0.6) is 5.75 Å². The fourth-order valence-electron chi connectivity index (χ4n) is 6.81. The molecule has 8 heteroatoms. The van der Waals surface area contributed by atoms with Gasteiger partial charge in [0.1, 0.15) is 11.6 Å². The van der Waals surface area contributed by atoms with Crippen molar-refractivity contribution in [3.05, 3.63) is 69.8 Å². The SMILES string of the molecule is CCCC(c1nc2cc(CN3CCC(c4cccc(O)c4)(N(C)C)CC3)ccc2c(=O)n1CC)N1CCNCC1. The van der Waals surface area contributed by atoms with Gasteiger partial charge >= 0.3 is 0 Å². The molecule has 0 bridgehead atoms. The van der Waals surface area contributed by atoms with Gasteiger partial charge in [-0.25, -0.2) is 4.98 Å². The number of rotatable bonds is 9. The van der Waals surface area contributed by atoms with E-state index in [1.54, 1.807) is 6.07 Å². The summed E-state index contributed by atoms with van der Waals surface area (Å²) >= 11 is 0. The maximum absolute atomic E-state index is 13.6. The molecule has 0 amide bonds. The van der Waals surface area contributed by atoms with Gasteiger partial charge in [0.05, 0.1) is 16.9 Å². The summed E-state index contributed by atoms with van der Waals surface area (Å²) in [5.74, 6) is 1.24. The number of piperazine rings is 1. The minimum Gasteiger partial charge on any atom is -0.508 e. The number of fused-ring (bicyclic) bond motifs is 1. The Kier molecular flexibility index (Phi) is 8.90. The second kappa shape index (κ2) is 12.4. The van der Waals surface area contributed by atoms with Crippen LogP contribution in [0.2, 0.25) is 0 Å². The molecule has 40 heavy (non-hydrogen) atoms. The predicted molar refractivity (Wildman–Crippen MR) is 162 cm³/mol. The molecular weight excluding hydrogens is 500 g/mol. The largest absolute Gasteiger partial charge is 0.508 e. The lowest BCUT2D eigenvalue weighted by atomic mass is 9.79. The normalized spacial score (nSPS) is 19.3. The van der Waals surface area contributed by atoms with Crippen molar-refractivity contribution in [2.75, 3.05) is 53.4 Å². The number of hydrogen-bond acceptors (Lipinski definition) is 7. The summed E-state index contributed by atoms with van der Waals surface area (Å²) in [4.78, 5) is 26.1. The molecule has 0 aliphatic carbocycles. The molecule has 0 radical (unpaired) electrons. The lowest BCUT2D eigenvalue weighted by molar-refractivity contribution is 0.0506. The summed E-state index contributed by atoms with van der Waals surface area (Å²) in [6.45, 7) is 11.6. The van der Waals surface area contributed by atoms with E-state index in [2.05, 4.69) is 66.2 Å². The number of hydrogen-bond donors (Lipinski definition) is 2. The molecule has 2 fully saturated rings. The molecule has 2 aliphatic heterocycles. The van der Waals surface area contributed by atoms with Crippen LogP contribution in [0.15, 0.2) is 47.3 Å². The van der Waals surface area contributed by atoms with E-state index in [0.29, 0.717) is 17.7 Å². The third-order valence-electron chi connectivity index (χ3n) is 9.15. The molecule has 8 nitrogen and oxygen atoms in total. The lowest BCUT2D eigenvalue weighted by Crippen LogP contribution is -2.50. The maximum atomic E-state index is 13.6. The van der Waals surface area contributed by atoms with Gasteiger partial charge in [-0.1, -0.05) is 31.5 Å². The van der Waals surface area contributed by atoms with Crippen molar-refractivity contribution < 1.29 is 5.11 Å². The van der Waals surface area contributed by atoms with Crippen molar-refractivity contribution in [3.8, 4) is 5.75 Å². The molecule has 3 heterocycles. The van der Waals surface area contributed by atoms with Gasteiger partial charge in [-0.05, 0) is 75.7 Å². The van der Waals surface area contributed by atoms with Crippen LogP contribution in [0.3, 0.4) is 0 Å². The van der Waals surface area contributed by atoms with E-state index in [9.17, 15) is 9.90 Å². The summed E-state index contributed by atoms with van der Waals surface area (Å²) in [6, 6.07) is 14.1. The van der Waals surface area contributed by atoms with Crippen molar-refractivity contribution in [2.24, 2.45) is 0 Å². The first-order valence-corrected chi connectivity index (χ1v) is 15.0. The Morgan fingerprint density at radius 1 is 1.05 bits per heavy atom. The average molecular weight is 547 g/mol. The van der Waals surface area contributed by atoms with Gasteiger partial charge < -0.3 is 10.4 Å². The Morgan fingerprint density at radius 3 is 2.45 bits per heavy atom. The summed E-state index contributed by atoms with van der Waals surface area (Å²) in [5.41, 5.74) is 3.18. The summed E-state index contributed by atoms with van der Waals surface area (Å²) in [6.07, 6.45) is 4.03. The van der Waals surface area contributed by atoms with E-state index in [0.717, 1.165) is 82.8 Å². The van der Waals surface area contributed by atoms with E-state index in [-0.39, 0.29) is 17.1 Å². The highest BCUT2D eigenvalue weighted by molar-refractivity contribution is 5.78. The van der Waals surface area contributed by atoms with Gasteiger partial charge in [-0.3, -0.25) is 24.1 Å². The van der Waals surface area contributed by atoms with Crippen LogP contribution in [-0.2, 0) is 18.6 Å². The smallest absolute Gasteiger partial charge is 0.261 e. The first-order valence-electron chi connectivity index (χ1n) is 15.0. The molecule has 0 spiro atoms. The number of piperidine rings is 1. The van der Waals surface area contributed by atoms with E-state index >= 15 is 0 Å². The highest BCUT2D eigenvalue weighted by atomic mass is 16.3. The molecular formula is C32H46N6O2. The fourth-order valence-corrected chi connectivity index (χ4v) is 6.81. The fraction of sp³-hybridized carbons (Fsp3) is 0.562. The number of benzene rings is 2. The first kappa shape index (κ1) is 28.7. The zero-order valence-corrected chi connectivity index (χ0v) is 24.7. The van der Waals surface area contributed by atoms with E-state index in [4.69, 9.17) is 4.98 Å². The third kappa shape index (κ3) is 5.68. The van der Waals surface area contributed by atoms with Crippen molar-refractivity contribution >= 4 is 10.9 Å². The lowest BCUT2D eigenvalue weighted by Gasteiger charge is -2.46. The monoisotopic (exact) mass is 546 g/mol. The van der Waals surface area contributed by atoms with Crippen molar-refractivity contribution in [1.82, 2.24) is 29.6 Å². The van der Waals surface area contributed by atoms with Crippen molar-refractivity contribution in [3.63, 3.8) is 0 Å². The van der Waals surface area contributed by atoms with Gasteiger partial charge in [0.25, 0.3) is 5.56 Å². The molecule has 3 aromatic rings. The molecule has 2 N–H and O–H groups in total. The van der Waals surface area contributed by atoms with Crippen LogP contribution in [0.1, 0.15) is 62.5 Å². The number of likely N-dealkylation sites (tertiary alicyclic amines) is 1. The molecule has 2 aromatic carbocycles. The van der Waals surface area contributed by atoms with Gasteiger partial charge in [-0.2, -0.15) is 0 Å². The van der Waals surface area contributed by atoms with Crippen molar-refractivity contribution in [1.29, 1.82) is 0 Å². The zero-order chi connectivity index (χ0) is 28.3. The van der Waals surface area contributed by atoms with Crippen LogP contribution in [0.4, 0.5) is 0 Å². The number of phenols is 1. The van der Waals surface area contributed by atoms with Crippen molar-refractivity contribution in [2.45, 2.75) is 64.2 Å². The second-order valence-corrected chi connectivity index (χ2v) is 11.7. The number of phenolic OH excluding ortho intramolecular Hbond substituents is 1. The molecule has 216 valence electrons. The third-order valence-corrected chi connectivity index (χ3v) is 9.15. The Morgan fingerprint density at radius 2 is 1.80 bits per heavy atom. The number of aromatic hydroxyl groups is 1. The van der Waals surface area contributed by atoms with Crippen LogP contribution in [-0.4, -0.2) is 82.7 Å². The van der Waals surface area contributed by atoms with Gasteiger partial charge in [-0.15, -0.1) is 0 Å². The molecule has 1 aromatic heterocycles. The van der Waals surface area contributed by atoms with E-state index in [1.165, 1.54) is 11.1 Å². The quantitative estimate of drug-likeness (QED) is 0.421. The topological polar surface area (TPSA) is 76.9 Å². The minimum atomic E-state index is -0.0847. The van der Waals surface area contributed by atoms with Gasteiger partial charge in [0.2, 0.25) is 0 Å². The molecule has 2 aliphatic rings. The second-order valence-electron chi connectivity index (χ2n) is 11.7. The highest BCUT2D eigenvalue weighted by Gasteiger charge is 2.38. The standard InChI is InChI=1S/C32H46N6O2/c1-5-8-29(37-19-15-33-16-20-37)30-34-28-21-24(11-12-27(28)31(40)38(30)6-2)23-36-17-13-32(14-18-36,35(3)4)25-9-7-10-26(39)22-25/h7,9-12,21-22,29,33,39H,5-6,8,13-20,23H2,1-4H3. The number of aromatic nitrogens is 2. The Hall–Kier alpha value is -2.78. The molecule has 1 unspecified atom stereocenters. The predicted octanol–water partition coefficient (Wildman–Crippen LogP) is 3.92. The first-order chi connectivity index (χ1) is 19.4. The minimum absolute atomic E-state index is 0.0742. The maximum Gasteiger partial charge on any atom is 0.261 e. The van der Waals surface area contributed by atoms with Gasteiger partial charge in [0.15, 0.2) is 0 Å².